The van der Waals surface area contributed by atoms with Crippen LogP contribution >= 0.6 is 7.82 Å². The number of methoxy groups -OCH3 is 1. The third-order valence-corrected chi connectivity index (χ3v) is 5.75. The molecule has 0 amide bonds. The Hall–Kier alpha value is -1.98. The maximum absolute atomic E-state index is 12.8. The molecule has 0 fully saturated rings. The lowest BCUT2D eigenvalue weighted by molar-refractivity contribution is -0.386. The number of nitrogens with zero attached hydrogens (tertiary/aromatic N) is 2. The summed E-state index contributed by atoms with van der Waals surface area (Å²) in [5, 5.41) is 21.4. The molecule has 1 unspecified atom stereocenters. The molecular formula is C16H21N2O7P. The molecule has 1 atom stereocenters. The molecule has 1 aliphatic rings. The van der Waals surface area contributed by atoms with Gasteiger partial charge < -0.3 is 4.74 Å². The van der Waals surface area contributed by atoms with Gasteiger partial charge in [0.2, 0.25) is 0 Å². The second-order valence-corrected chi connectivity index (χ2v) is 7.16. The lowest BCUT2D eigenvalue weighted by atomic mass is 9.79. The smallest absolute Gasteiger partial charge is 0.476 e. The van der Waals surface area contributed by atoms with E-state index in [1.165, 1.54) is 19.2 Å². The Labute approximate surface area is 151 Å². The Morgan fingerprint density at radius 1 is 1.35 bits per heavy atom. The molecule has 0 bridgehead atoms. The first-order chi connectivity index (χ1) is 12.4. The zero-order valence-corrected chi connectivity index (χ0v) is 15.8. The van der Waals surface area contributed by atoms with Gasteiger partial charge in [0, 0.05) is 11.1 Å². The Balaban J connectivity index is 2.61. The number of phosphoric ester groups is 1. The Morgan fingerprint density at radius 3 is 2.50 bits per heavy atom. The van der Waals surface area contributed by atoms with Crippen LogP contribution in [0.3, 0.4) is 0 Å². The van der Waals surface area contributed by atoms with Crippen molar-refractivity contribution in [2.45, 2.75) is 38.7 Å². The predicted molar refractivity (Wildman–Crippen MR) is 91.8 cm³/mol. The molecular weight excluding hydrogens is 363 g/mol. The van der Waals surface area contributed by atoms with Crippen molar-refractivity contribution in [3.8, 4) is 11.8 Å². The van der Waals surface area contributed by atoms with Crippen molar-refractivity contribution >= 4 is 13.5 Å². The van der Waals surface area contributed by atoms with Crippen LogP contribution in [0.1, 0.15) is 37.8 Å². The maximum Gasteiger partial charge on any atom is 0.476 e. The zero-order valence-electron chi connectivity index (χ0n) is 14.9. The van der Waals surface area contributed by atoms with Crippen LogP contribution in [-0.2, 0) is 30.2 Å². The van der Waals surface area contributed by atoms with Crippen molar-refractivity contribution in [1.29, 1.82) is 5.26 Å². The molecule has 1 aromatic rings. The Bertz CT molecular complexity index is 767. The van der Waals surface area contributed by atoms with E-state index in [2.05, 4.69) is 0 Å². The van der Waals surface area contributed by atoms with Crippen LogP contribution in [0.5, 0.6) is 5.75 Å². The van der Waals surface area contributed by atoms with E-state index in [-0.39, 0.29) is 31.1 Å². The molecule has 0 spiro atoms. The van der Waals surface area contributed by atoms with Crippen molar-refractivity contribution in [1.82, 2.24) is 0 Å². The van der Waals surface area contributed by atoms with E-state index in [0.29, 0.717) is 24.0 Å². The van der Waals surface area contributed by atoms with Gasteiger partial charge in [-0.05, 0) is 39.2 Å². The van der Waals surface area contributed by atoms with Gasteiger partial charge in [0.1, 0.15) is 6.07 Å². The number of benzene rings is 1. The van der Waals surface area contributed by atoms with Crippen LogP contribution in [0.25, 0.3) is 0 Å². The molecule has 0 N–H and O–H groups in total. The number of ether oxygens (including phenoxy) is 1. The van der Waals surface area contributed by atoms with Crippen molar-refractivity contribution in [2.24, 2.45) is 0 Å². The Morgan fingerprint density at radius 2 is 2.00 bits per heavy atom. The van der Waals surface area contributed by atoms with E-state index >= 15 is 0 Å². The monoisotopic (exact) mass is 384 g/mol. The summed E-state index contributed by atoms with van der Waals surface area (Å²) in [6, 6.07) is 4.97. The lowest BCUT2D eigenvalue weighted by Gasteiger charge is -2.34. The summed E-state index contributed by atoms with van der Waals surface area (Å²) in [4.78, 5) is 11.0. The van der Waals surface area contributed by atoms with Gasteiger partial charge in [0.05, 0.1) is 25.2 Å². The fourth-order valence-electron chi connectivity index (χ4n) is 3.09. The third-order valence-electron chi connectivity index (χ3n) is 4.06. The molecule has 10 heteroatoms. The summed E-state index contributed by atoms with van der Waals surface area (Å²) in [5.74, 6) is 0.0975. The summed E-state index contributed by atoms with van der Waals surface area (Å²) in [6.07, 6.45) is 1.03. The van der Waals surface area contributed by atoms with Crippen molar-refractivity contribution in [3.63, 3.8) is 0 Å². The summed E-state index contributed by atoms with van der Waals surface area (Å²) >= 11 is 0. The molecule has 0 aromatic heterocycles. The predicted octanol–water partition coefficient (Wildman–Crippen LogP) is 3.86. The molecule has 1 aromatic carbocycles. The van der Waals surface area contributed by atoms with Gasteiger partial charge in [0.15, 0.2) is 11.4 Å². The highest BCUT2D eigenvalue weighted by atomic mass is 31.2. The number of nitro groups is 1. The second kappa shape index (κ2) is 8.14. The molecule has 2 rings (SSSR count). The van der Waals surface area contributed by atoms with Crippen LogP contribution in [0, 0.1) is 21.4 Å². The van der Waals surface area contributed by atoms with Crippen LogP contribution in [0.2, 0.25) is 0 Å². The molecule has 0 saturated heterocycles. The Kier molecular flexibility index (Phi) is 6.37. The number of hydrogen-bond donors (Lipinski definition) is 0. The molecule has 1 aliphatic carbocycles. The van der Waals surface area contributed by atoms with Gasteiger partial charge in [-0.1, -0.05) is 6.07 Å². The zero-order chi connectivity index (χ0) is 19.4. The summed E-state index contributed by atoms with van der Waals surface area (Å²) in [6.45, 7) is 3.38. The van der Waals surface area contributed by atoms with Gasteiger partial charge in [0.25, 0.3) is 0 Å². The number of nitro benzene ring substituents is 1. The highest BCUT2D eigenvalue weighted by Crippen LogP contribution is 2.58. The summed E-state index contributed by atoms with van der Waals surface area (Å²) in [5.41, 5.74) is -1.25. The highest BCUT2D eigenvalue weighted by molar-refractivity contribution is 7.48. The topological polar surface area (TPSA) is 121 Å². The molecule has 142 valence electrons. The molecule has 0 saturated carbocycles. The molecule has 9 nitrogen and oxygen atoms in total. The van der Waals surface area contributed by atoms with E-state index < -0.39 is 18.3 Å². The van der Waals surface area contributed by atoms with Crippen LogP contribution in [0.15, 0.2) is 12.1 Å². The molecule has 0 heterocycles. The minimum atomic E-state index is -4.01. The van der Waals surface area contributed by atoms with E-state index in [4.69, 9.17) is 18.3 Å². The van der Waals surface area contributed by atoms with E-state index in [1.807, 2.05) is 6.07 Å². The van der Waals surface area contributed by atoms with Crippen molar-refractivity contribution < 1.29 is 27.8 Å². The van der Waals surface area contributed by atoms with Gasteiger partial charge in [-0.3, -0.25) is 23.7 Å². The fraction of sp³-hybridized carbons (Fsp3) is 0.562. The van der Waals surface area contributed by atoms with E-state index in [9.17, 15) is 19.9 Å². The van der Waals surface area contributed by atoms with Crippen molar-refractivity contribution in [2.75, 3.05) is 20.3 Å². The maximum atomic E-state index is 12.8. The van der Waals surface area contributed by atoms with Gasteiger partial charge >= 0.3 is 13.5 Å². The number of fused-ring (bicyclic) bond motifs is 1. The van der Waals surface area contributed by atoms with Gasteiger partial charge in [-0.15, -0.1) is 0 Å². The molecule has 0 radical (unpaired) electrons. The standard InChI is InChI=1S/C16H21N2O7P/c1-4-23-26(21,24-5-2)25-16(11-17)10-6-7-12-13(16)8-9-14(22-3)15(12)18(19)20/h8-9H,4-7,10H2,1-3H3. The second-order valence-electron chi connectivity index (χ2n) is 5.57. The number of phosphoric acid groups is 1. The molecule has 0 aliphatic heterocycles. The van der Waals surface area contributed by atoms with Crippen LogP contribution < -0.4 is 4.74 Å². The minimum Gasteiger partial charge on any atom is -0.490 e. The fourth-order valence-corrected chi connectivity index (χ4v) is 4.51. The summed E-state index contributed by atoms with van der Waals surface area (Å²) < 4.78 is 33.8. The largest absolute Gasteiger partial charge is 0.490 e. The first-order valence-corrected chi connectivity index (χ1v) is 9.68. The third kappa shape index (κ3) is 3.74. The minimum absolute atomic E-state index is 0.0639. The van der Waals surface area contributed by atoms with Gasteiger partial charge in [-0.25, -0.2) is 4.57 Å². The highest BCUT2D eigenvalue weighted by Gasteiger charge is 2.47. The first-order valence-electron chi connectivity index (χ1n) is 8.22. The van der Waals surface area contributed by atoms with Crippen LogP contribution in [0.4, 0.5) is 5.69 Å². The normalized spacial score (nSPS) is 19.5. The van der Waals surface area contributed by atoms with Gasteiger partial charge in [-0.2, -0.15) is 5.26 Å². The van der Waals surface area contributed by atoms with Crippen molar-refractivity contribution in [3.05, 3.63) is 33.4 Å². The lowest BCUT2D eigenvalue weighted by Crippen LogP contribution is -2.32. The van der Waals surface area contributed by atoms with Crippen LogP contribution in [-0.4, -0.2) is 25.2 Å². The average Bonchev–Trinajstić information content (AvgIpc) is 2.60. The average molecular weight is 384 g/mol. The quantitative estimate of drug-likeness (QED) is 0.376. The van der Waals surface area contributed by atoms with E-state index in [1.54, 1.807) is 13.8 Å². The summed E-state index contributed by atoms with van der Waals surface area (Å²) in [7, 11) is -2.67. The molecule has 26 heavy (non-hydrogen) atoms. The van der Waals surface area contributed by atoms with E-state index in [0.717, 1.165) is 0 Å². The number of hydrogen-bond acceptors (Lipinski definition) is 8. The first kappa shape index (κ1) is 20.3. The number of nitriles is 1. The number of rotatable bonds is 8. The SMILES string of the molecule is CCOP(=O)(OCC)OC1(C#N)CCCc2c1ccc(OC)c2[N+](=O)[O-].